The van der Waals surface area contributed by atoms with E-state index in [1.54, 1.807) is 0 Å². The molecule has 0 radical (unpaired) electrons. The Morgan fingerprint density at radius 2 is 2.19 bits per heavy atom. The van der Waals surface area contributed by atoms with Crippen LogP contribution in [0.25, 0.3) is 0 Å². The maximum atomic E-state index is 11.6. The van der Waals surface area contributed by atoms with Crippen LogP contribution in [0.1, 0.15) is 5.56 Å². The number of hydrazine groups is 1. The lowest BCUT2D eigenvalue weighted by atomic mass is 10.1. The van der Waals surface area contributed by atoms with E-state index in [9.17, 15) is 4.79 Å². The van der Waals surface area contributed by atoms with Crippen LogP contribution in [0.5, 0.6) is 5.75 Å². The maximum absolute atomic E-state index is 11.6. The van der Waals surface area contributed by atoms with Crippen molar-refractivity contribution >= 4 is 23.2 Å². The quantitative estimate of drug-likeness (QED) is 0.468. The third-order valence-corrected chi connectivity index (χ3v) is 2.35. The highest BCUT2D eigenvalue weighted by Gasteiger charge is 2.28. The fraction of sp³-hybridized carbons (Fsp3) is 0.200. The second-order valence-electron chi connectivity index (χ2n) is 3.40. The standard InChI is InChI=1S/C10H11N3O2S/c11-10(16)13-12-9(14)8-5-6-3-1-2-4-7(6)15-8/h1-4,8H,5H2,(H,12,14)(H3,11,13,16). The molecular weight excluding hydrogens is 226 g/mol. The number of fused-ring (bicyclic) bond motifs is 1. The smallest absolute Gasteiger partial charge is 0.279 e. The van der Waals surface area contributed by atoms with E-state index in [-0.39, 0.29) is 11.0 Å². The van der Waals surface area contributed by atoms with Gasteiger partial charge in [-0.05, 0) is 23.8 Å². The lowest BCUT2D eigenvalue weighted by molar-refractivity contribution is -0.127. The van der Waals surface area contributed by atoms with Crippen LogP contribution in [-0.2, 0) is 11.2 Å². The van der Waals surface area contributed by atoms with E-state index in [2.05, 4.69) is 23.1 Å². The van der Waals surface area contributed by atoms with E-state index in [0.717, 1.165) is 11.3 Å². The molecule has 0 aliphatic carbocycles. The molecule has 84 valence electrons. The molecule has 5 nitrogen and oxygen atoms in total. The number of hydrogen-bond acceptors (Lipinski definition) is 3. The van der Waals surface area contributed by atoms with Gasteiger partial charge in [0.05, 0.1) is 0 Å². The van der Waals surface area contributed by atoms with E-state index >= 15 is 0 Å². The van der Waals surface area contributed by atoms with Crippen LogP contribution < -0.4 is 21.3 Å². The summed E-state index contributed by atoms with van der Waals surface area (Å²) in [5, 5.41) is 0.0175. The Morgan fingerprint density at radius 1 is 1.44 bits per heavy atom. The minimum Gasteiger partial charge on any atom is -0.480 e. The minimum atomic E-state index is -0.528. The number of ether oxygens (including phenoxy) is 1. The summed E-state index contributed by atoms with van der Waals surface area (Å²) >= 11 is 4.57. The summed E-state index contributed by atoms with van der Waals surface area (Å²) in [4.78, 5) is 11.6. The van der Waals surface area contributed by atoms with Crippen molar-refractivity contribution in [2.45, 2.75) is 12.5 Å². The number of carbonyl (C=O) groups excluding carboxylic acids is 1. The first kappa shape index (κ1) is 10.7. The molecule has 1 aliphatic rings. The third-order valence-electron chi connectivity index (χ3n) is 2.25. The number of thiocarbonyl (C=S) groups is 1. The summed E-state index contributed by atoms with van der Waals surface area (Å²) in [6.07, 6.45) is 0.0281. The zero-order chi connectivity index (χ0) is 11.5. The number of rotatable bonds is 1. The molecular formula is C10H11N3O2S. The zero-order valence-corrected chi connectivity index (χ0v) is 9.21. The average Bonchev–Trinajstić information content (AvgIpc) is 2.69. The lowest BCUT2D eigenvalue weighted by Crippen LogP contribution is -2.49. The van der Waals surface area contributed by atoms with Crippen molar-refractivity contribution in [3.05, 3.63) is 29.8 Å². The molecule has 4 N–H and O–H groups in total. The fourth-order valence-electron chi connectivity index (χ4n) is 1.53. The largest absolute Gasteiger partial charge is 0.480 e. The van der Waals surface area contributed by atoms with Crippen molar-refractivity contribution in [1.29, 1.82) is 0 Å². The molecule has 0 fully saturated rings. The van der Waals surface area contributed by atoms with Crippen LogP contribution in [0.2, 0.25) is 0 Å². The molecule has 1 atom stereocenters. The van der Waals surface area contributed by atoms with Crippen LogP contribution in [0, 0.1) is 0 Å². The first-order valence-corrected chi connectivity index (χ1v) is 5.17. The minimum absolute atomic E-state index is 0.0175. The second kappa shape index (κ2) is 4.36. The molecule has 1 unspecified atom stereocenters. The normalized spacial score (nSPS) is 17.1. The van der Waals surface area contributed by atoms with Gasteiger partial charge >= 0.3 is 0 Å². The van der Waals surface area contributed by atoms with Crippen molar-refractivity contribution in [1.82, 2.24) is 10.9 Å². The highest BCUT2D eigenvalue weighted by molar-refractivity contribution is 7.80. The molecule has 6 heteroatoms. The Kier molecular flexibility index (Phi) is 2.91. The van der Waals surface area contributed by atoms with Gasteiger partial charge in [0.25, 0.3) is 5.91 Å². The maximum Gasteiger partial charge on any atom is 0.279 e. The Balaban J connectivity index is 1.96. The predicted molar refractivity (Wildman–Crippen MR) is 62.6 cm³/mol. The molecule has 0 spiro atoms. The van der Waals surface area contributed by atoms with Crippen LogP contribution in [-0.4, -0.2) is 17.1 Å². The molecule has 0 saturated heterocycles. The van der Waals surface area contributed by atoms with Crippen molar-refractivity contribution < 1.29 is 9.53 Å². The molecule has 2 rings (SSSR count). The van der Waals surface area contributed by atoms with Crippen LogP contribution in [0.15, 0.2) is 24.3 Å². The van der Waals surface area contributed by atoms with Gasteiger partial charge in [-0.15, -0.1) is 0 Å². The number of nitrogens with one attached hydrogen (secondary N) is 2. The van der Waals surface area contributed by atoms with Crippen molar-refractivity contribution in [2.24, 2.45) is 5.73 Å². The Morgan fingerprint density at radius 3 is 2.88 bits per heavy atom. The first-order chi connectivity index (χ1) is 7.66. The highest BCUT2D eigenvalue weighted by Crippen LogP contribution is 2.27. The van der Waals surface area contributed by atoms with E-state index in [1.165, 1.54) is 0 Å². The number of para-hydroxylation sites is 1. The molecule has 0 bridgehead atoms. The molecule has 1 aromatic rings. The summed E-state index contributed by atoms with van der Waals surface area (Å²) in [7, 11) is 0. The molecule has 1 aromatic carbocycles. The number of benzene rings is 1. The third kappa shape index (κ3) is 2.22. The number of hydrogen-bond donors (Lipinski definition) is 3. The zero-order valence-electron chi connectivity index (χ0n) is 8.40. The van der Waals surface area contributed by atoms with Crippen LogP contribution in [0.3, 0.4) is 0 Å². The van der Waals surface area contributed by atoms with Gasteiger partial charge in [-0.25, -0.2) is 0 Å². The Labute approximate surface area is 97.9 Å². The van der Waals surface area contributed by atoms with Gasteiger partial charge in [-0.1, -0.05) is 18.2 Å². The summed E-state index contributed by atoms with van der Waals surface area (Å²) in [6.45, 7) is 0. The Bertz CT molecular complexity index is 411. The molecule has 0 saturated carbocycles. The first-order valence-electron chi connectivity index (χ1n) is 4.76. The molecule has 1 heterocycles. The Hall–Kier alpha value is -1.82. The van der Waals surface area contributed by atoms with Gasteiger partial charge in [0.15, 0.2) is 11.2 Å². The fourth-order valence-corrected chi connectivity index (χ4v) is 1.58. The van der Waals surface area contributed by atoms with E-state index in [0.29, 0.717) is 6.42 Å². The summed E-state index contributed by atoms with van der Waals surface area (Å²) in [5.41, 5.74) is 11.0. The lowest BCUT2D eigenvalue weighted by Gasteiger charge is -2.11. The second-order valence-corrected chi connectivity index (χ2v) is 3.84. The summed E-state index contributed by atoms with van der Waals surface area (Å²) < 4.78 is 5.46. The molecule has 0 aromatic heterocycles. The van der Waals surface area contributed by atoms with E-state index < -0.39 is 6.10 Å². The SMILES string of the molecule is NC(=S)NNC(=O)C1Cc2ccccc2O1. The molecule has 1 aliphatic heterocycles. The van der Waals surface area contributed by atoms with Gasteiger partial charge in [0.1, 0.15) is 5.75 Å². The number of carbonyl (C=O) groups is 1. The van der Waals surface area contributed by atoms with E-state index in [1.807, 2.05) is 24.3 Å². The van der Waals surface area contributed by atoms with E-state index in [4.69, 9.17) is 10.5 Å². The van der Waals surface area contributed by atoms with Gasteiger partial charge in [0, 0.05) is 6.42 Å². The highest BCUT2D eigenvalue weighted by atomic mass is 32.1. The molecule has 16 heavy (non-hydrogen) atoms. The van der Waals surface area contributed by atoms with Crippen LogP contribution >= 0.6 is 12.2 Å². The van der Waals surface area contributed by atoms with Gasteiger partial charge in [-0.3, -0.25) is 15.6 Å². The monoisotopic (exact) mass is 237 g/mol. The summed E-state index contributed by atoms with van der Waals surface area (Å²) in [6, 6.07) is 7.55. The average molecular weight is 237 g/mol. The number of nitrogens with two attached hydrogens (primary N) is 1. The van der Waals surface area contributed by atoms with Gasteiger partial charge < -0.3 is 10.5 Å². The van der Waals surface area contributed by atoms with Gasteiger partial charge in [-0.2, -0.15) is 0 Å². The summed E-state index contributed by atoms with van der Waals surface area (Å²) in [5.74, 6) is 0.460. The predicted octanol–water partition coefficient (Wildman–Crippen LogP) is -0.145. The molecule has 1 amide bonds. The van der Waals surface area contributed by atoms with Crippen molar-refractivity contribution in [3.8, 4) is 5.75 Å². The van der Waals surface area contributed by atoms with Crippen molar-refractivity contribution in [3.63, 3.8) is 0 Å². The topological polar surface area (TPSA) is 76.4 Å². The van der Waals surface area contributed by atoms with Gasteiger partial charge in [0.2, 0.25) is 0 Å². The van der Waals surface area contributed by atoms with Crippen LogP contribution in [0.4, 0.5) is 0 Å². The number of amides is 1. The van der Waals surface area contributed by atoms with Crippen molar-refractivity contribution in [2.75, 3.05) is 0 Å².